The fraction of sp³-hybridized carbons (Fsp3) is 0.500. The molecule has 2 rings (SSSR count). The quantitative estimate of drug-likeness (QED) is 0.540. The molecule has 0 fully saturated rings. The number of hydrogen-bond donors (Lipinski definition) is 1. The summed E-state index contributed by atoms with van der Waals surface area (Å²) in [5, 5.41) is 3.05. The van der Waals surface area contributed by atoms with Crippen LogP contribution in [0.2, 0.25) is 0 Å². The number of aromatic nitrogens is 2. The van der Waals surface area contributed by atoms with Crippen molar-refractivity contribution in [3.63, 3.8) is 0 Å². The molecule has 0 aromatic carbocycles. The first-order chi connectivity index (χ1) is 6.13. The third-order valence-electron chi connectivity index (χ3n) is 2.48. The zero-order valence-electron chi connectivity index (χ0n) is 7.63. The second-order valence-corrected chi connectivity index (χ2v) is 3.23. The van der Waals surface area contributed by atoms with E-state index in [1.165, 1.54) is 11.6 Å². The average molecular weight is 181 g/mol. The van der Waals surface area contributed by atoms with Crippen molar-refractivity contribution in [2.45, 2.75) is 13.1 Å². The van der Waals surface area contributed by atoms with Gasteiger partial charge in [-0.05, 0) is 0 Å². The molecule has 1 aliphatic rings. The fourth-order valence-electron chi connectivity index (χ4n) is 1.66. The molecule has 1 N–H and O–H groups in total. The highest BCUT2D eigenvalue weighted by Gasteiger charge is 2.19. The van der Waals surface area contributed by atoms with Gasteiger partial charge in [0.15, 0.2) is 0 Å². The van der Waals surface area contributed by atoms with Crippen LogP contribution in [0.4, 0.5) is 0 Å². The summed E-state index contributed by atoms with van der Waals surface area (Å²) >= 11 is 0. The second-order valence-electron chi connectivity index (χ2n) is 3.23. The Kier molecular flexibility index (Phi) is 1.63. The lowest BCUT2D eigenvalue weighted by Gasteiger charge is -2.06. The molecule has 0 unspecified atom stereocenters. The maximum atomic E-state index is 11.5. The SMILES string of the molecule is Cn1c2c(c(=O)n(C)c1=O)CNC2. The van der Waals surface area contributed by atoms with Crippen LogP contribution in [-0.2, 0) is 27.2 Å². The Bertz CT molecular complexity index is 470. The van der Waals surface area contributed by atoms with E-state index in [2.05, 4.69) is 5.32 Å². The number of fused-ring (bicyclic) bond motifs is 1. The van der Waals surface area contributed by atoms with Crippen LogP contribution in [-0.4, -0.2) is 9.13 Å². The van der Waals surface area contributed by atoms with Gasteiger partial charge in [0, 0.05) is 32.9 Å². The van der Waals surface area contributed by atoms with Gasteiger partial charge in [0.1, 0.15) is 0 Å². The zero-order valence-corrected chi connectivity index (χ0v) is 7.63. The molecule has 1 aromatic heterocycles. The first-order valence-corrected chi connectivity index (χ1v) is 4.11. The third kappa shape index (κ3) is 0.968. The maximum absolute atomic E-state index is 11.5. The summed E-state index contributed by atoms with van der Waals surface area (Å²) in [6.45, 7) is 1.17. The van der Waals surface area contributed by atoms with Crippen molar-refractivity contribution in [2.75, 3.05) is 0 Å². The van der Waals surface area contributed by atoms with Gasteiger partial charge in [0.05, 0.1) is 5.56 Å². The van der Waals surface area contributed by atoms with Crippen molar-refractivity contribution in [2.24, 2.45) is 14.1 Å². The van der Waals surface area contributed by atoms with Crippen molar-refractivity contribution in [3.05, 3.63) is 32.1 Å². The van der Waals surface area contributed by atoms with E-state index in [0.29, 0.717) is 18.7 Å². The normalized spacial score (nSPS) is 14.6. The van der Waals surface area contributed by atoms with Crippen LogP contribution in [0.3, 0.4) is 0 Å². The molecule has 0 saturated heterocycles. The summed E-state index contributed by atoms with van der Waals surface area (Å²) in [5.74, 6) is 0. The average Bonchev–Trinajstić information content (AvgIpc) is 2.59. The molecule has 2 heterocycles. The van der Waals surface area contributed by atoms with Gasteiger partial charge >= 0.3 is 5.69 Å². The molecule has 0 saturated carbocycles. The van der Waals surface area contributed by atoms with Crippen LogP contribution in [0.25, 0.3) is 0 Å². The second kappa shape index (κ2) is 2.56. The molecule has 0 aliphatic carbocycles. The van der Waals surface area contributed by atoms with Crippen LogP contribution in [0.5, 0.6) is 0 Å². The largest absolute Gasteiger partial charge is 0.330 e. The van der Waals surface area contributed by atoms with Gasteiger partial charge in [-0.15, -0.1) is 0 Å². The first-order valence-electron chi connectivity index (χ1n) is 4.11. The van der Waals surface area contributed by atoms with Crippen LogP contribution in [0, 0.1) is 0 Å². The first kappa shape index (κ1) is 8.25. The lowest BCUT2D eigenvalue weighted by atomic mass is 10.2. The van der Waals surface area contributed by atoms with Gasteiger partial charge in [0.2, 0.25) is 0 Å². The van der Waals surface area contributed by atoms with Crippen molar-refractivity contribution in [1.29, 1.82) is 0 Å². The number of hydrogen-bond acceptors (Lipinski definition) is 3. The molecular formula is C8H11N3O2. The highest BCUT2D eigenvalue weighted by Crippen LogP contribution is 2.06. The van der Waals surface area contributed by atoms with E-state index in [9.17, 15) is 9.59 Å². The number of nitrogens with zero attached hydrogens (tertiary/aromatic N) is 2. The van der Waals surface area contributed by atoms with E-state index < -0.39 is 0 Å². The molecule has 0 bridgehead atoms. The van der Waals surface area contributed by atoms with Crippen molar-refractivity contribution >= 4 is 0 Å². The van der Waals surface area contributed by atoms with Crippen LogP contribution in [0.15, 0.2) is 9.59 Å². The van der Waals surface area contributed by atoms with Crippen LogP contribution < -0.4 is 16.6 Å². The molecule has 1 aliphatic heterocycles. The molecule has 0 atom stereocenters. The Morgan fingerprint density at radius 3 is 2.54 bits per heavy atom. The summed E-state index contributed by atoms with van der Waals surface area (Å²) in [7, 11) is 3.19. The smallest absolute Gasteiger partial charge is 0.307 e. The molecule has 0 radical (unpaired) electrons. The van der Waals surface area contributed by atoms with Gasteiger partial charge in [-0.2, -0.15) is 0 Å². The van der Waals surface area contributed by atoms with Crippen molar-refractivity contribution in [3.8, 4) is 0 Å². The predicted octanol–water partition coefficient (Wildman–Crippen LogP) is -1.31. The molecule has 1 aromatic rings. The van der Waals surface area contributed by atoms with Crippen LogP contribution >= 0.6 is 0 Å². The van der Waals surface area contributed by atoms with Gasteiger partial charge in [0.25, 0.3) is 5.56 Å². The third-order valence-corrected chi connectivity index (χ3v) is 2.48. The Labute approximate surface area is 74.6 Å². The molecule has 5 nitrogen and oxygen atoms in total. The lowest BCUT2D eigenvalue weighted by molar-refractivity contribution is 0.652. The molecule has 70 valence electrons. The summed E-state index contributed by atoms with van der Waals surface area (Å²) in [5.41, 5.74) is 1.09. The Hall–Kier alpha value is -1.36. The summed E-state index contributed by atoms with van der Waals surface area (Å²) in [4.78, 5) is 23.0. The molecule has 5 heteroatoms. The van der Waals surface area contributed by atoms with Crippen molar-refractivity contribution in [1.82, 2.24) is 14.5 Å². The van der Waals surface area contributed by atoms with Gasteiger partial charge in [-0.3, -0.25) is 13.9 Å². The van der Waals surface area contributed by atoms with Crippen LogP contribution in [0.1, 0.15) is 11.3 Å². The van der Waals surface area contributed by atoms with E-state index >= 15 is 0 Å². The minimum Gasteiger partial charge on any atom is -0.307 e. The van der Waals surface area contributed by atoms with E-state index in [4.69, 9.17) is 0 Å². The van der Waals surface area contributed by atoms with E-state index in [-0.39, 0.29) is 11.2 Å². The number of nitrogens with one attached hydrogen (secondary N) is 1. The predicted molar refractivity (Wildman–Crippen MR) is 47.5 cm³/mol. The highest BCUT2D eigenvalue weighted by molar-refractivity contribution is 5.21. The minimum atomic E-state index is -0.257. The number of rotatable bonds is 0. The van der Waals surface area contributed by atoms with Crippen molar-refractivity contribution < 1.29 is 0 Å². The zero-order chi connectivity index (χ0) is 9.59. The summed E-state index contributed by atoms with van der Waals surface area (Å²) in [6.07, 6.45) is 0. The molecule has 0 spiro atoms. The topological polar surface area (TPSA) is 56.0 Å². The van der Waals surface area contributed by atoms with Gasteiger partial charge in [-0.25, -0.2) is 4.79 Å². The summed E-state index contributed by atoms with van der Waals surface area (Å²) < 4.78 is 2.67. The highest BCUT2D eigenvalue weighted by atomic mass is 16.2. The standard InChI is InChI=1S/C8H11N3O2/c1-10-6-4-9-3-5(6)7(12)11(2)8(10)13/h9H,3-4H2,1-2H3. The van der Waals surface area contributed by atoms with E-state index in [1.54, 1.807) is 7.05 Å². The molecular weight excluding hydrogens is 170 g/mol. The van der Waals surface area contributed by atoms with Gasteiger partial charge < -0.3 is 5.32 Å². The molecule has 13 heavy (non-hydrogen) atoms. The summed E-state index contributed by atoms with van der Waals surface area (Å²) in [6, 6.07) is 0. The lowest BCUT2D eigenvalue weighted by Crippen LogP contribution is -2.39. The monoisotopic (exact) mass is 181 g/mol. The maximum Gasteiger partial charge on any atom is 0.330 e. The Balaban J connectivity index is 2.93. The van der Waals surface area contributed by atoms with E-state index in [0.717, 1.165) is 10.3 Å². The Morgan fingerprint density at radius 2 is 1.85 bits per heavy atom. The minimum absolute atomic E-state index is 0.178. The van der Waals surface area contributed by atoms with E-state index in [1.807, 2.05) is 0 Å². The fourth-order valence-corrected chi connectivity index (χ4v) is 1.66. The molecule has 0 amide bonds. The van der Waals surface area contributed by atoms with Gasteiger partial charge in [-0.1, -0.05) is 0 Å². The Morgan fingerprint density at radius 1 is 1.15 bits per heavy atom.